The van der Waals surface area contributed by atoms with Crippen LogP contribution in [0, 0.1) is 5.95 Å². The van der Waals surface area contributed by atoms with Crippen LogP contribution in [0.15, 0.2) is 48.5 Å². The Bertz CT molecular complexity index is 574. The molecule has 2 aromatic rings. The Morgan fingerprint density at radius 2 is 1.95 bits per heavy atom. The van der Waals surface area contributed by atoms with E-state index in [0.717, 1.165) is 5.56 Å². The minimum atomic E-state index is -0.653. The number of pyridine rings is 1. The SMILES string of the molecule is N[C@@H](CCc1ccccc1)C(=O)Nc1cccc(F)n1. The van der Waals surface area contributed by atoms with Crippen LogP contribution in [0.3, 0.4) is 0 Å². The van der Waals surface area contributed by atoms with Gasteiger partial charge in [-0.3, -0.25) is 4.79 Å². The summed E-state index contributed by atoms with van der Waals surface area (Å²) in [5, 5.41) is 2.50. The minimum Gasteiger partial charge on any atom is -0.320 e. The molecular weight excluding hydrogens is 257 g/mol. The fourth-order valence-corrected chi connectivity index (χ4v) is 1.79. The van der Waals surface area contributed by atoms with E-state index in [9.17, 15) is 9.18 Å². The predicted octanol–water partition coefficient (Wildman–Crippen LogP) is 2.12. The Balaban J connectivity index is 1.86. The molecule has 104 valence electrons. The maximum Gasteiger partial charge on any atom is 0.242 e. The highest BCUT2D eigenvalue weighted by atomic mass is 19.1. The number of benzene rings is 1. The van der Waals surface area contributed by atoms with Gasteiger partial charge in [0, 0.05) is 0 Å². The molecule has 20 heavy (non-hydrogen) atoms. The fraction of sp³-hybridized carbons (Fsp3) is 0.200. The van der Waals surface area contributed by atoms with Gasteiger partial charge in [0.25, 0.3) is 0 Å². The summed E-state index contributed by atoms with van der Waals surface area (Å²) in [5.41, 5.74) is 6.94. The van der Waals surface area contributed by atoms with Crippen LogP contribution < -0.4 is 11.1 Å². The molecule has 1 heterocycles. The molecule has 0 aliphatic heterocycles. The fourth-order valence-electron chi connectivity index (χ4n) is 1.79. The van der Waals surface area contributed by atoms with E-state index in [1.807, 2.05) is 30.3 Å². The molecule has 1 atom stereocenters. The molecule has 0 bridgehead atoms. The molecule has 5 heteroatoms. The molecule has 0 aliphatic carbocycles. The Morgan fingerprint density at radius 3 is 2.65 bits per heavy atom. The molecule has 0 saturated carbocycles. The zero-order valence-electron chi connectivity index (χ0n) is 10.9. The van der Waals surface area contributed by atoms with Crippen LogP contribution in [-0.4, -0.2) is 16.9 Å². The summed E-state index contributed by atoms with van der Waals surface area (Å²) < 4.78 is 12.9. The van der Waals surface area contributed by atoms with E-state index in [4.69, 9.17) is 5.73 Å². The number of nitrogens with zero attached hydrogens (tertiary/aromatic N) is 1. The molecule has 3 N–H and O–H groups in total. The van der Waals surface area contributed by atoms with Crippen LogP contribution >= 0.6 is 0 Å². The van der Waals surface area contributed by atoms with Crippen LogP contribution in [-0.2, 0) is 11.2 Å². The molecule has 0 spiro atoms. The van der Waals surface area contributed by atoms with Gasteiger partial charge in [0.05, 0.1) is 6.04 Å². The lowest BCUT2D eigenvalue weighted by Gasteiger charge is -2.11. The minimum absolute atomic E-state index is 0.171. The van der Waals surface area contributed by atoms with E-state index in [1.165, 1.54) is 18.2 Å². The normalized spacial score (nSPS) is 11.9. The van der Waals surface area contributed by atoms with Crippen LogP contribution in [0.25, 0.3) is 0 Å². The highest BCUT2D eigenvalue weighted by molar-refractivity contribution is 5.93. The van der Waals surface area contributed by atoms with Crippen molar-refractivity contribution in [2.24, 2.45) is 5.73 Å². The second-order valence-corrected chi connectivity index (χ2v) is 4.47. The molecular formula is C15H16FN3O. The zero-order chi connectivity index (χ0) is 14.4. The average molecular weight is 273 g/mol. The first kappa shape index (κ1) is 14.1. The average Bonchev–Trinajstić information content (AvgIpc) is 2.46. The van der Waals surface area contributed by atoms with Crippen molar-refractivity contribution in [2.45, 2.75) is 18.9 Å². The van der Waals surface area contributed by atoms with Crippen LogP contribution in [0.5, 0.6) is 0 Å². The van der Waals surface area contributed by atoms with Gasteiger partial charge in [-0.15, -0.1) is 0 Å². The van der Waals surface area contributed by atoms with Crippen molar-refractivity contribution in [3.63, 3.8) is 0 Å². The van der Waals surface area contributed by atoms with E-state index < -0.39 is 12.0 Å². The summed E-state index contributed by atoms with van der Waals surface area (Å²) in [5.74, 6) is -0.829. The first-order valence-electron chi connectivity index (χ1n) is 6.38. The van der Waals surface area contributed by atoms with Gasteiger partial charge in [0.15, 0.2) is 0 Å². The molecule has 0 unspecified atom stereocenters. The van der Waals surface area contributed by atoms with Crippen molar-refractivity contribution in [3.8, 4) is 0 Å². The third-order valence-corrected chi connectivity index (χ3v) is 2.89. The predicted molar refractivity (Wildman–Crippen MR) is 75.6 cm³/mol. The molecule has 0 aliphatic rings. The number of nitrogens with two attached hydrogens (primary N) is 1. The van der Waals surface area contributed by atoms with Gasteiger partial charge < -0.3 is 11.1 Å². The Hall–Kier alpha value is -2.27. The number of hydrogen-bond donors (Lipinski definition) is 2. The van der Waals surface area contributed by atoms with Crippen molar-refractivity contribution in [1.82, 2.24) is 4.98 Å². The quantitative estimate of drug-likeness (QED) is 0.820. The van der Waals surface area contributed by atoms with Crippen molar-refractivity contribution < 1.29 is 9.18 Å². The number of carbonyl (C=O) groups excluding carboxylic acids is 1. The van der Waals surface area contributed by atoms with Crippen LogP contribution in [0.4, 0.5) is 10.2 Å². The highest BCUT2D eigenvalue weighted by Crippen LogP contribution is 2.07. The third kappa shape index (κ3) is 4.13. The standard InChI is InChI=1S/C15H16FN3O/c16-13-7-4-8-14(18-13)19-15(20)12(17)10-9-11-5-2-1-3-6-11/h1-8,12H,9-10,17H2,(H,18,19,20)/t12-/m0/s1. The lowest BCUT2D eigenvalue weighted by Crippen LogP contribution is -2.36. The van der Waals surface area contributed by atoms with Crippen molar-refractivity contribution in [3.05, 3.63) is 60.0 Å². The lowest BCUT2D eigenvalue weighted by atomic mass is 10.1. The first-order chi connectivity index (χ1) is 9.65. The van der Waals surface area contributed by atoms with Crippen LogP contribution in [0.1, 0.15) is 12.0 Å². The smallest absolute Gasteiger partial charge is 0.242 e. The second-order valence-electron chi connectivity index (χ2n) is 4.47. The number of halogens is 1. The van der Waals surface area contributed by atoms with E-state index >= 15 is 0 Å². The number of rotatable bonds is 5. The zero-order valence-corrected chi connectivity index (χ0v) is 10.9. The number of amides is 1. The van der Waals surface area contributed by atoms with E-state index in [1.54, 1.807) is 0 Å². The van der Waals surface area contributed by atoms with Gasteiger partial charge in [0.2, 0.25) is 11.9 Å². The monoisotopic (exact) mass is 273 g/mol. The van der Waals surface area contributed by atoms with Crippen molar-refractivity contribution in [2.75, 3.05) is 5.32 Å². The molecule has 0 saturated heterocycles. The third-order valence-electron chi connectivity index (χ3n) is 2.89. The first-order valence-corrected chi connectivity index (χ1v) is 6.38. The molecule has 2 rings (SSSR count). The number of nitrogens with one attached hydrogen (secondary N) is 1. The van der Waals surface area contributed by atoms with Crippen molar-refractivity contribution >= 4 is 11.7 Å². The molecule has 0 radical (unpaired) electrons. The number of aromatic nitrogens is 1. The van der Waals surface area contributed by atoms with E-state index in [-0.39, 0.29) is 11.7 Å². The maximum absolute atomic E-state index is 12.9. The largest absolute Gasteiger partial charge is 0.320 e. The summed E-state index contributed by atoms with van der Waals surface area (Å²) in [4.78, 5) is 15.4. The van der Waals surface area contributed by atoms with Crippen molar-refractivity contribution in [1.29, 1.82) is 0 Å². The van der Waals surface area contributed by atoms with Gasteiger partial charge in [-0.05, 0) is 30.5 Å². The van der Waals surface area contributed by atoms with Gasteiger partial charge in [0.1, 0.15) is 5.82 Å². The topological polar surface area (TPSA) is 68.0 Å². The number of anilines is 1. The lowest BCUT2D eigenvalue weighted by molar-refractivity contribution is -0.117. The molecule has 1 aromatic heterocycles. The van der Waals surface area contributed by atoms with Gasteiger partial charge in [-0.25, -0.2) is 4.98 Å². The summed E-state index contributed by atoms with van der Waals surface area (Å²) in [6.45, 7) is 0. The van der Waals surface area contributed by atoms with E-state index in [0.29, 0.717) is 12.8 Å². The Kier molecular flexibility index (Phi) is 4.79. The molecule has 1 amide bonds. The van der Waals surface area contributed by atoms with Gasteiger partial charge in [-0.2, -0.15) is 4.39 Å². The summed E-state index contributed by atoms with van der Waals surface area (Å²) in [6, 6.07) is 13.3. The van der Waals surface area contributed by atoms with Crippen LogP contribution in [0.2, 0.25) is 0 Å². The highest BCUT2D eigenvalue weighted by Gasteiger charge is 2.14. The maximum atomic E-state index is 12.9. The Labute approximate surface area is 116 Å². The van der Waals surface area contributed by atoms with Gasteiger partial charge >= 0.3 is 0 Å². The summed E-state index contributed by atoms with van der Waals surface area (Å²) >= 11 is 0. The van der Waals surface area contributed by atoms with Gasteiger partial charge in [-0.1, -0.05) is 36.4 Å². The summed E-state index contributed by atoms with van der Waals surface area (Å²) in [7, 11) is 0. The Morgan fingerprint density at radius 1 is 1.20 bits per heavy atom. The summed E-state index contributed by atoms with van der Waals surface area (Å²) in [6.07, 6.45) is 1.23. The molecule has 4 nitrogen and oxygen atoms in total. The number of carbonyl (C=O) groups is 1. The number of hydrogen-bond acceptors (Lipinski definition) is 3. The molecule has 1 aromatic carbocycles. The van der Waals surface area contributed by atoms with E-state index in [2.05, 4.69) is 10.3 Å². The molecule has 0 fully saturated rings. The second kappa shape index (κ2) is 6.77. The number of aryl methyl sites for hydroxylation is 1.